The minimum atomic E-state index is 0.773. The summed E-state index contributed by atoms with van der Waals surface area (Å²) in [7, 11) is 0. The average Bonchev–Trinajstić information content (AvgIpc) is 2.72. The number of hydrogen-bond acceptors (Lipinski definition) is 2. The Morgan fingerprint density at radius 1 is 1.31 bits per heavy atom. The molecule has 0 bridgehead atoms. The zero-order valence-corrected chi connectivity index (χ0v) is 10.5. The molecule has 0 radical (unpaired) electrons. The molecule has 0 saturated carbocycles. The maximum absolute atomic E-state index is 4.71. The second-order valence-corrected chi connectivity index (χ2v) is 4.73. The molecular formula is C13H23N3. The molecule has 1 aliphatic heterocycles. The Labute approximate surface area is 98.1 Å². The number of imidazole rings is 1. The van der Waals surface area contributed by atoms with Gasteiger partial charge in [0.25, 0.3) is 0 Å². The first-order chi connectivity index (χ1) is 7.83. The molecule has 1 aliphatic rings. The monoisotopic (exact) mass is 221 g/mol. The normalized spacial score (nSPS) is 21.2. The summed E-state index contributed by atoms with van der Waals surface area (Å²) < 4.78 is 0. The van der Waals surface area contributed by atoms with Crippen LogP contribution in [0.2, 0.25) is 0 Å². The van der Waals surface area contributed by atoms with Crippen LogP contribution in [0.5, 0.6) is 0 Å². The first-order valence-electron chi connectivity index (χ1n) is 6.60. The Hall–Kier alpha value is -0.830. The lowest BCUT2D eigenvalue weighted by Crippen LogP contribution is -2.31. The highest BCUT2D eigenvalue weighted by Crippen LogP contribution is 2.16. The number of aryl methyl sites for hydroxylation is 2. The lowest BCUT2D eigenvalue weighted by atomic mass is 9.96. The Bertz CT molecular complexity index is 302. The van der Waals surface area contributed by atoms with Gasteiger partial charge in [0.2, 0.25) is 0 Å². The molecule has 3 nitrogen and oxygen atoms in total. The molecule has 16 heavy (non-hydrogen) atoms. The van der Waals surface area contributed by atoms with Gasteiger partial charge in [0.15, 0.2) is 0 Å². The third-order valence-electron chi connectivity index (χ3n) is 3.48. The van der Waals surface area contributed by atoms with Crippen LogP contribution in [0.4, 0.5) is 0 Å². The predicted molar refractivity (Wildman–Crippen MR) is 66.6 cm³/mol. The van der Waals surface area contributed by atoms with Crippen molar-refractivity contribution in [3.8, 4) is 0 Å². The Balaban J connectivity index is 2.00. The fourth-order valence-electron chi connectivity index (χ4n) is 2.56. The lowest BCUT2D eigenvalue weighted by Gasteiger charge is -2.21. The van der Waals surface area contributed by atoms with Gasteiger partial charge in [-0.25, -0.2) is 4.98 Å². The molecular weight excluding hydrogens is 198 g/mol. The smallest absolute Gasteiger partial charge is 0.106 e. The molecule has 1 aromatic rings. The van der Waals surface area contributed by atoms with Crippen LogP contribution in [0, 0.1) is 5.92 Å². The average molecular weight is 221 g/mol. The third kappa shape index (κ3) is 2.64. The van der Waals surface area contributed by atoms with Crippen LogP contribution >= 0.6 is 0 Å². The zero-order valence-electron chi connectivity index (χ0n) is 10.5. The number of nitrogens with one attached hydrogen (secondary N) is 2. The van der Waals surface area contributed by atoms with Gasteiger partial charge in [-0.05, 0) is 44.7 Å². The van der Waals surface area contributed by atoms with Crippen molar-refractivity contribution in [2.45, 2.75) is 46.0 Å². The minimum Gasteiger partial charge on any atom is -0.346 e. The SMILES string of the molecule is CCc1nc(CC2CCCNC2)[nH]c1CC. The van der Waals surface area contributed by atoms with E-state index in [1.54, 1.807) is 0 Å². The Kier molecular flexibility index (Phi) is 3.99. The zero-order chi connectivity index (χ0) is 11.4. The number of aromatic amines is 1. The van der Waals surface area contributed by atoms with Crippen molar-refractivity contribution >= 4 is 0 Å². The van der Waals surface area contributed by atoms with Crippen molar-refractivity contribution in [1.82, 2.24) is 15.3 Å². The van der Waals surface area contributed by atoms with Gasteiger partial charge in [0, 0.05) is 12.1 Å². The van der Waals surface area contributed by atoms with Gasteiger partial charge in [-0.3, -0.25) is 0 Å². The van der Waals surface area contributed by atoms with E-state index in [1.807, 2.05) is 0 Å². The molecule has 0 aliphatic carbocycles. The fraction of sp³-hybridized carbons (Fsp3) is 0.769. The second kappa shape index (κ2) is 5.48. The summed E-state index contributed by atoms with van der Waals surface area (Å²) in [4.78, 5) is 8.20. The highest BCUT2D eigenvalue weighted by atomic mass is 14.9. The molecule has 1 unspecified atom stereocenters. The van der Waals surface area contributed by atoms with Gasteiger partial charge >= 0.3 is 0 Å². The number of H-pyrrole nitrogens is 1. The van der Waals surface area contributed by atoms with Crippen molar-refractivity contribution in [3.63, 3.8) is 0 Å². The van der Waals surface area contributed by atoms with Crippen molar-refractivity contribution < 1.29 is 0 Å². The molecule has 0 amide bonds. The van der Waals surface area contributed by atoms with E-state index >= 15 is 0 Å². The van der Waals surface area contributed by atoms with Crippen LogP contribution in [0.15, 0.2) is 0 Å². The van der Waals surface area contributed by atoms with Crippen LogP contribution < -0.4 is 5.32 Å². The molecule has 2 rings (SSSR count). The summed E-state index contributed by atoms with van der Waals surface area (Å²) in [6.45, 7) is 6.72. The number of nitrogens with zero attached hydrogens (tertiary/aromatic N) is 1. The molecule has 1 saturated heterocycles. The van der Waals surface area contributed by atoms with E-state index in [-0.39, 0.29) is 0 Å². The van der Waals surface area contributed by atoms with Gasteiger partial charge < -0.3 is 10.3 Å². The number of hydrogen-bond donors (Lipinski definition) is 2. The quantitative estimate of drug-likeness (QED) is 0.817. The van der Waals surface area contributed by atoms with Crippen LogP contribution in [0.1, 0.15) is 43.9 Å². The molecule has 1 aromatic heterocycles. The van der Waals surface area contributed by atoms with Crippen LogP contribution in [0.25, 0.3) is 0 Å². The standard InChI is InChI=1S/C13H23N3/c1-3-11-12(4-2)16-13(15-11)8-10-6-5-7-14-9-10/h10,14H,3-9H2,1-2H3,(H,15,16). The Morgan fingerprint density at radius 2 is 2.19 bits per heavy atom. The largest absolute Gasteiger partial charge is 0.346 e. The molecule has 1 fully saturated rings. The van der Waals surface area contributed by atoms with Crippen LogP contribution in [0.3, 0.4) is 0 Å². The first-order valence-corrected chi connectivity index (χ1v) is 6.60. The second-order valence-electron chi connectivity index (χ2n) is 4.73. The van der Waals surface area contributed by atoms with Gasteiger partial charge in [-0.2, -0.15) is 0 Å². The van der Waals surface area contributed by atoms with Gasteiger partial charge in [-0.1, -0.05) is 13.8 Å². The van der Waals surface area contributed by atoms with E-state index < -0.39 is 0 Å². The molecule has 2 heterocycles. The number of piperidine rings is 1. The van der Waals surface area contributed by atoms with E-state index in [2.05, 4.69) is 24.1 Å². The lowest BCUT2D eigenvalue weighted by molar-refractivity contribution is 0.371. The van der Waals surface area contributed by atoms with E-state index in [0.29, 0.717) is 0 Å². The predicted octanol–water partition coefficient (Wildman–Crippen LogP) is 2.08. The van der Waals surface area contributed by atoms with Gasteiger partial charge in [0.1, 0.15) is 5.82 Å². The number of rotatable bonds is 4. The molecule has 2 N–H and O–H groups in total. The van der Waals surface area contributed by atoms with Gasteiger partial charge in [0.05, 0.1) is 5.69 Å². The van der Waals surface area contributed by atoms with Crippen molar-refractivity contribution in [3.05, 3.63) is 17.2 Å². The van der Waals surface area contributed by atoms with Crippen molar-refractivity contribution in [1.29, 1.82) is 0 Å². The van der Waals surface area contributed by atoms with Crippen molar-refractivity contribution in [2.24, 2.45) is 5.92 Å². The fourth-order valence-corrected chi connectivity index (χ4v) is 2.56. The van der Waals surface area contributed by atoms with E-state index in [1.165, 1.54) is 36.6 Å². The van der Waals surface area contributed by atoms with E-state index in [9.17, 15) is 0 Å². The number of aromatic nitrogens is 2. The summed E-state index contributed by atoms with van der Waals surface area (Å²) in [6, 6.07) is 0. The highest BCUT2D eigenvalue weighted by molar-refractivity contribution is 5.15. The Morgan fingerprint density at radius 3 is 2.75 bits per heavy atom. The molecule has 0 spiro atoms. The summed E-state index contributed by atoms with van der Waals surface area (Å²) in [5.74, 6) is 1.97. The summed E-state index contributed by atoms with van der Waals surface area (Å²) in [5.41, 5.74) is 2.60. The highest BCUT2D eigenvalue weighted by Gasteiger charge is 2.16. The maximum atomic E-state index is 4.71. The summed E-state index contributed by atoms with van der Waals surface area (Å²) in [5, 5.41) is 3.46. The minimum absolute atomic E-state index is 0.773. The van der Waals surface area contributed by atoms with E-state index in [0.717, 1.165) is 31.7 Å². The molecule has 3 heteroatoms. The van der Waals surface area contributed by atoms with E-state index in [4.69, 9.17) is 4.98 Å². The summed E-state index contributed by atoms with van der Waals surface area (Å²) >= 11 is 0. The third-order valence-corrected chi connectivity index (χ3v) is 3.48. The van der Waals surface area contributed by atoms with Crippen molar-refractivity contribution in [2.75, 3.05) is 13.1 Å². The molecule has 90 valence electrons. The first kappa shape index (κ1) is 11.6. The van der Waals surface area contributed by atoms with Crippen LogP contribution in [-0.2, 0) is 19.3 Å². The van der Waals surface area contributed by atoms with Gasteiger partial charge in [-0.15, -0.1) is 0 Å². The molecule has 0 aromatic carbocycles. The maximum Gasteiger partial charge on any atom is 0.106 e. The summed E-state index contributed by atoms with van der Waals surface area (Å²) in [6.07, 6.45) is 5.88. The molecule has 1 atom stereocenters. The van der Waals surface area contributed by atoms with Crippen LogP contribution in [-0.4, -0.2) is 23.1 Å². The topological polar surface area (TPSA) is 40.7 Å².